The van der Waals surface area contributed by atoms with E-state index < -0.39 is 19.0 Å². The normalized spacial score (nSPS) is 9.25. The molecule has 0 atom stereocenters. The third-order valence-corrected chi connectivity index (χ3v) is 2.29. The summed E-state index contributed by atoms with van der Waals surface area (Å²) in [7, 11) is -1.34. The van der Waals surface area contributed by atoms with Gasteiger partial charge >= 0.3 is 13.2 Å². The van der Waals surface area contributed by atoms with E-state index in [1.165, 1.54) is 24.3 Å². The minimum absolute atomic E-state index is 0.0903. The molecule has 0 aromatic heterocycles. The molecule has 0 unspecified atom stereocenters. The van der Waals surface area contributed by atoms with Gasteiger partial charge in [-0.1, -0.05) is 60.7 Å². The topological polar surface area (TPSA) is 40.5 Å². The second-order valence-electron chi connectivity index (χ2n) is 3.72. The van der Waals surface area contributed by atoms with Gasteiger partial charge in [-0.15, -0.1) is 0 Å². The van der Waals surface area contributed by atoms with Crippen molar-refractivity contribution in [1.29, 1.82) is 0 Å². The Hall–Kier alpha value is -2.05. The molecule has 2 aromatic carbocycles. The van der Waals surface area contributed by atoms with Gasteiger partial charge in [0.15, 0.2) is 5.83 Å². The van der Waals surface area contributed by atoms with Crippen LogP contribution in [0.2, 0.25) is 0 Å². The van der Waals surface area contributed by atoms with E-state index in [-0.39, 0.29) is 5.56 Å². The summed E-state index contributed by atoms with van der Waals surface area (Å²) in [6, 6.07) is 15.9. The minimum atomic E-state index is -2.28. The number of hydrogen-bond donors (Lipinski definition) is 2. The van der Waals surface area contributed by atoms with Crippen molar-refractivity contribution in [1.82, 2.24) is 0 Å². The second-order valence-corrected chi connectivity index (χ2v) is 3.72. The zero-order chi connectivity index (χ0) is 15.0. The highest BCUT2D eigenvalue weighted by Gasteiger charge is 2.07. The summed E-state index contributed by atoms with van der Waals surface area (Å²) < 4.78 is 35.6. The van der Waals surface area contributed by atoms with Crippen LogP contribution in [0, 0.1) is 0 Å². The Bertz CT molecular complexity index is 541. The van der Waals surface area contributed by atoms with Crippen LogP contribution >= 0.6 is 0 Å². The Balaban J connectivity index is 0.000000204. The van der Waals surface area contributed by atoms with E-state index >= 15 is 0 Å². The van der Waals surface area contributed by atoms with Crippen LogP contribution < -0.4 is 5.46 Å². The quantitative estimate of drug-likeness (QED) is 0.830. The van der Waals surface area contributed by atoms with Crippen LogP contribution in [0.1, 0.15) is 5.56 Å². The summed E-state index contributed by atoms with van der Waals surface area (Å²) in [5.41, 5.74) is 0.435. The lowest BCUT2D eigenvalue weighted by Gasteiger charge is -1.94. The van der Waals surface area contributed by atoms with Crippen LogP contribution in [0.5, 0.6) is 0 Å². The van der Waals surface area contributed by atoms with E-state index in [0.717, 1.165) is 0 Å². The van der Waals surface area contributed by atoms with Crippen molar-refractivity contribution < 1.29 is 23.2 Å². The maximum absolute atomic E-state index is 12.4. The number of rotatable bonds is 2. The van der Waals surface area contributed by atoms with E-state index in [2.05, 4.69) is 0 Å². The maximum Gasteiger partial charge on any atom is 0.488 e. The highest BCUT2D eigenvalue weighted by Crippen LogP contribution is 2.20. The van der Waals surface area contributed by atoms with Crippen LogP contribution in [-0.4, -0.2) is 17.2 Å². The first-order valence-electron chi connectivity index (χ1n) is 5.69. The average Bonchev–Trinajstić information content (AvgIpc) is 2.49. The zero-order valence-electron chi connectivity index (χ0n) is 10.4. The molecule has 0 amide bonds. The van der Waals surface area contributed by atoms with Crippen molar-refractivity contribution in [3.8, 4) is 0 Å². The molecule has 0 aliphatic heterocycles. The summed E-state index contributed by atoms with van der Waals surface area (Å²) in [5, 5.41) is 17.2. The number of halogens is 3. The molecule has 0 aliphatic rings. The van der Waals surface area contributed by atoms with Crippen LogP contribution in [0.15, 0.2) is 66.7 Å². The lowest BCUT2D eigenvalue weighted by atomic mass is 9.81. The lowest BCUT2D eigenvalue weighted by Crippen LogP contribution is -2.29. The van der Waals surface area contributed by atoms with Gasteiger partial charge in [-0.05, 0) is 5.46 Å². The summed E-state index contributed by atoms with van der Waals surface area (Å²) in [6.07, 6.45) is -2.28. The third-order valence-electron chi connectivity index (χ3n) is 2.29. The van der Waals surface area contributed by atoms with E-state index in [1.54, 1.807) is 30.3 Å². The van der Waals surface area contributed by atoms with E-state index in [1.807, 2.05) is 6.07 Å². The predicted octanol–water partition coefficient (Wildman–Crippen LogP) is 2.59. The van der Waals surface area contributed by atoms with Gasteiger partial charge in [-0.3, -0.25) is 0 Å². The Morgan fingerprint density at radius 1 is 0.750 bits per heavy atom. The monoisotopic (exact) mass is 280 g/mol. The SMILES string of the molecule is FC(F)=C(F)c1ccccc1.OB(O)c1ccccc1. The summed E-state index contributed by atoms with van der Waals surface area (Å²) in [5.74, 6) is -1.45. The highest BCUT2D eigenvalue weighted by atomic mass is 19.3. The molecule has 2 N–H and O–H groups in total. The Labute approximate surface area is 115 Å². The molecule has 0 aliphatic carbocycles. The van der Waals surface area contributed by atoms with Gasteiger partial charge in [0.25, 0.3) is 0 Å². The molecule has 0 saturated carbocycles. The molecule has 0 fully saturated rings. The smallest absolute Gasteiger partial charge is 0.423 e. The molecular formula is C14H12BF3O2. The molecule has 2 rings (SSSR count). The van der Waals surface area contributed by atoms with Crippen molar-refractivity contribution in [2.24, 2.45) is 0 Å². The second kappa shape index (κ2) is 8.19. The van der Waals surface area contributed by atoms with Crippen molar-refractivity contribution in [3.05, 3.63) is 72.3 Å². The fourth-order valence-corrected chi connectivity index (χ4v) is 1.32. The van der Waals surface area contributed by atoms with E-state index in [9.17, 15) is 13.2 Å². The Morgan fingerprint density at radius 3 is 1.55 bits per heavy atom. The maximum atomic E-state index is 12.4. The van der Waals surface area contributed by atoms with E-state index in [4.69, 9.17) is 10.0 Å². The van der Waals surface area contributed by atoms with Crippen LogP contribution in [0.25, 0.3) is 5.83 Å². The van der Waals surface area contributed by atoms with Gasteiger partial charge < -0.3 is 10.0 Å². The lowest BCUT2D eigenvalue weighted by molar-refractivity contribution is 0.410. The van der Waals surface area contributed by atoms with E-state index in [0.29, 0.717) is 5.46 Å². The summed E-state index contributed by atoms with van der Waals surface area (Å²) >= 11 is 0. The van der Waals surface area contributed by atoms with Crippen LogP contribution in [0.3, 0.4) is 0 Å². The van der Waals surface area contributed by atoms with Crippen molar-refractivity contribution in [2.75, 3.05) is 0 Å². The Morgan fingerprint density at radius 2 is 1.20 bits per heavy atom. The molecule has 0 heterocycles. The molecule has 0 radical (unpaired) electrons. The molecule has 104 valence electrons. The van der Waals surface area contributed by atoms with Gasteiger partial charge in [0.1, 0.15) is 0 Å². The molecule has 20 heavy (non-hydrogen) atoms. The van der Waals surface area contributed by atoms with Gasteiger partial charge in [-0.25, -0.2) is 4.39 Å². The molecule has 6 heteroatoms. The van der Waals surface area contributed by atoms with Gasteiger partial charge in [0.2, 0.25) is 0 Å². The first-order chi connectivity index (χ1) is 9.52. The highest BCUT2D eigenvalue weighted by molar-refractivity contribution is 6.58. The van der Waals surface area contributed by atoms with Crippen molar-refractivity contribution in [2.45, 2.75) is 0 Å². The Kier molecular flexibility index (Phi) is 6.56. The third kappa shape index (κ3) is 5.30. The zero-order valence-corrected chi connectivity index (χ0v) is 10.4. The average molecular weight is 280 g/mol. The van der Waals surface area contributed by atoms with Crippen LogP contribution in [0.4, 0.5) is 13.2 Å². The molecule has 2 aromatic rings. The van der Waals surface area contributed by atoms with Crippen molar-refractivity contribution >= 4 is 18.4 Å². The number of hydrogen-bond acceptors (Lipinski definition) is 2. The first kappa shape index (κ1) is 16.0. The molecule has 0 spiro atoms. The van der Waals surface area contributed by atoms with Gasteiger partial charge in [0, 0.05) is 5.56 Å². The standard InChI is InChI=1S/C8H5F3.C6H7BO2/c9-7(8(10)11)6-4-2-1-3-5-6;8-7(9)6-4-2-1-3-5-6/h1-5H;1-5,8-9H. The fourth-order valence-electron chi connectivity index (χ4n) is 1.32. The van der Waals surface area contributed by atoms with Crippen LogP contribution in [-0.2, 0) is 0 Å². The molecule has 0 bridgehead atoms. The first-order valence-corrected chi connectivity index (χ1v) is 5.69. The largest absolute Gasteiger partial charge is 0.488 e. The predicted molar refractivity (Wildman–Crippen MR) is 73.0 cm³/mol. The summed E-state index contributed by atoms with van der Waals surface area (Å²) in [4.78, 5) is 0. The molecule has 2 nitrogen and oxygen atoms in total. The number of benzene rings is 2. The fraction of sp³-hybridized carbons (Fsp3) is 0. The van der Waals surface area contributed by atoms with Crippen molar-refractivity contribution in [3.63, 3.8) is 0 Å². The summed E-state index contributed by atoms with van der Waals surface area (Å²) in [6.45, 7) is 0. The molecule has 0 saturated heterocycles. The van der Waals surface area contributed by atoms with Gasteiger partial charge in [-0.2, -0.15) is 8.78 Å². The molecular weight excluding hydrogens is 268 g/mol. The van der Waals surface area contributed by atoms with Gasteiger partial charge in [0.05, 0.1) is 0 Å². The minimum Gasteiger partial charge on any atom is -0.423 e.